The summed E-state index contributed by atoms with van der Waals surface area (Å²) in [7, 11) is 0. The van der Waals surface area contributed by atoms with E-state index in [4.69, 9.17) is 4.74 Å². The summed E-state index contributed by atoms with van der Waals surface area (Å²) >= 11 is 0. The molecule has 0 bridgehead atoms. The molecular weight excluding hydrogens is 713 g/mol. The lowest BCUT2D eigenvalue weighted by Gasteiger charge is -2.14. The summed E-state index contributed by atoms with van der Waals surface area (Å²) in [5.41, 5.74) is 0. The number of unbranched alkanes of at least 4 members (excludes halogenated alkanes) is 35. The average Bonchev–Trinajstić information content (AvgIpc) is 3.22. The van der Waals surface area contributed by atoms with Crippen LogP contribution in [0.4, 0.5) is 0 Å². The summed E-state index contributed by atoms with van der Waals surface area (Å²) in [6.07, 6.45) is 59.9. The van der Waals surface area contributed by atoms with Crippen LogP contribution < -0.4 is 0 Å². The molecule has 58 heavy (non-hydrogen) atoms. The number of carbonyl (C=O) groups excluding carboxylic acids is 3. The molecule has 4 heteroatoms. The lowest BCUT2D eigenvalue weighted by atomic mass is 9.93. The number of ketones is 1. The van der Waals surface area contributed by atoms with E-state index in [1.165, 1.54) is 186 Å². The van der Waals surface area contributed by atoms with Crippen LogP contribution in [0.15, 0.2) is 24.3 Å². The number of hydrogen-bond donors (Lipinski definition) is 0. The molecule has 340 valence electrons. The van der Waals surface area contributed by atoms with Crippen molar-refractivity contribution in [1.82, 2.24) is 0 Å². The van der Waals surface area contributed by atoms with Gasteiger partial charge in [0.05, 0.1) is 0 Å². The minimum atomic E-state index is -0.790. The van der Waals surface area contributed by atoms with Crippen LogP contribution in [0.2, 0.25) is 0 Å². The average molecular weight is 813 g/mol. The summed E-state index contributed by atoms with van der Waals surface area (Å²) in [6, 6.07) is 0. The van der Waals surface area contributed by atoms with E-state index in [1.807, 2.05) is 0 Å². The zero-order valence-electron chi connectivity index (χ0n) is 39.4. The van der Waals surface area contributed by atoms with Gasteiger partial charge < -0.3 is 4.74 Å². The van der Waals surface area contributed by atoms with Gasteiger partial charge in [0, 0.05) is 12.8 Å². The summed E-state index contributed by atoms with van der Waals surface area (Å²) in [5.74, 6) is -1.87. The molecule has 0 aromatic heterocycles. The van der Waals surface area contributed by atoms with Crippen LogP contribution in [0.5, 0.6) is 0 Å². The molecule has 0 fully saturated rings. The first-order valence-electron chi connectivity index (χ1n) is 26.1. The number of hydrogen-bond acceptors (Lipinski definition) is 4. The summed E-state index contributed by atoms with van der Waals surface area (Å²) in [4.78, 5) is 39.2. The Morgan fingerprint density at radius 3 is 0.983 bits per heavy atom. The monoisotopic (exact) mass is 813 g/mol. The van der Waals surface area contributed by atoms with E-state index < -0.39 is 17.9 Å². The van der Waals surface area contributed by atoms with E-state index in [9.17, 15) is 14.4 Å². The minimum absolute atomic E-state index is 0.0293. The SMILES string of the molecule is CCCCCCCC/C=C\CCCCCCCC(=O)OC(=O)C(CCCCCCCCCCCCCCCCCC)C(=O)CCCCC/C=C\CCCCCCCC. The Hall–Kier alpha value is -1.71. The summed E-state index contributed by atoms with van der Waals surface area (Å²) < 4.78 is 5.33. The van der Waals surface area contributed by atoms with Crippen LogP contribution >= 0.6 is 0 Å². The third kappa shape index (κ3) is 42.4. The summed E-state index contributed by atoms with van der Waals surface area (Å²) in [5, 5.41) is 0. The fourth-order valence-electron chi connectivity index (χ4n) is 8.07. The molecule has 0 aromatic rings. The number of esters is 2. The van der Waals surface area contributed by atoms with Crippen LogP contribution in [0.3, 0.4) is 0 Å². The molecule has 0 aliphatic carbocycles. The van der Waals surface area contributed by atoms with E-state index in [-0.39, 0.29) is 12.2 Å². The maximum absolute atomic E-state index is 13.3. The normalized spacial score (nSPS) is 12.3. The molecule has 0 aromatic carbocycles. The maximum Gasteiger partial charge on any atom is 0.324 e. The minimum Gasteiger partial charge on any atom is -0.393 e. The Morgan fingerprint density at radius 1 is 0.345 bits per heavy atom. The van der Waals surface area contributed by atoms with Gasteiger partial charge in [0.25, 0.3) is 0 Å². The standard InChI is InChI=1S/C54H100O4/c1-4-7-10-13-16-19-22-25-27-29-31-33-36-39-42-45-48-51(52(55)49-46-43-40-37-34-30-24-21-18-15-12-9-6-3)54(57)58-53(56)50-47-44-41-38-35-32-28-26-23-20-17-14-11-8-5-2/h26,28,30,34,51H,4-25,27,29,31-33,35-50H2,1-3H3/b28-26-,34-30-. The fraction of sp³-hybridized carbons (Fsp3) is 0.870. The molecule has 0 rings (SSSR count). The predicted octanol–water partition coefficient (Wildman–Crippen LogP) is 18.2. The van der Waals surface area contributed by atoms with E-state index >= 15 is 0 Å². The highest BCUT2D eigenvalue weighted by Gasteiger charge is 2.28. The predicted molar refractivity (Wildman–Crippen MR) is 253 cm³/mol. The Labute approximate surface area is 362 Å². The summed E-state index contributed by atoms with van der Waals surface area (Å²) in [6.45, 7) is 6.81. The molecular formula is C54H100O4. The second kappa shape index (κ2) is 48.0. The topological polar surface area (TPSA) is 60.4 Å². The van der Waals surface area contributed by atoms with Crippen molar-refractivity contribution in [3.63, 3.8) is 0 Å². The number of ether oxygens (including phenoxy) is 1. The first-order valence-corrected chi connectivity index (χ1v) is 26.1. The van der Waals surface area contributed by atoms with Crippen LogP contribution in [-0.4, -0.2) is 17.7 Å². The Balaban J connectivity index is 4.39. The second-order valence-corrected chi connectivity index (χ2v) is 17.9. The molecule has 0 N–H and O–H groups in total. The quantitative estimate of drug-likeness (QED) is 0.0266. The van der Waals surface area contributed by atoms with Crippen LogP contribution in [0.1, 0.15) is 297 Å². The number of carbonyl (C=O) groups is 3. The van der Waals surface area contributed by atoms with E-state index in [2.05, 4.69) is 45.1 Å². The highest BCUT2D eigenvalue weighted by Crippen LogP contribution is 2.20. The molecule has 0 aliphatic rings. The zero-order valence-corrected chi connectivity index (χ0v) is 39.4. The van der Waals surface area contributed by atoms with Crippen LogP contribution in [-0.2, 0) is 19.1 Å². The first-order chi connectivity index (χ1) is 28.6. The lowest BCUT2D eigenvalue weighted by molar-refractivity contribution is -0.164. The van der Waals surface area contributed by atoms with Crippen molar-refractivity contribution in [2.24, 2.45) is 5.92 Å². The van der Waals surface area contributed by atoms with Crippen molar-refractivity contribution in [3.05, 3.63) is 24.3 Å². The largest absolute Gasteiger partial charge is 0.393 e. The molecule has 1 atom stereocenters. The zero-order chi connectivity index (χ0) is 42.3. The molecule has 0 saturated carbocycles. The van der Waals surface area contributed by atoms with Crippen molar-refractivity contribution < 1.29 is 19.1 Å². The molecule has 0 amide bonds. The third-order valence-electron chi connectivity index (χ3n) is 12.1. The van der Waals surface area contributed by atoms with E-state index in [1.54, 1.807) is 0 Å². The van der Waals surface area contributed by atoms with Gasteiger partial charge in [-0.25, -0.2) is 0 Å². The van der Waals surface area contributed by atoms with Crippen molar-refractivity contribution in [1.29, 1.82) is 0 Å². The van der Waals surface area contributed by atoms with E-state index in [0.717, 1.165) is 70.6 Å². The van der Waals surface area contributed by atoms with Crippen molar-refractivity contribution in [2.75, 3.05) is 0 Å². The van der Waals surface area contributed by atoms with Gasteiger partial charge in [-0.05, 0) is 70.6 Å². The number of allylic oxidation sites excluding steroid dienone is 4. The second-order valence-electron chi connectivity index (χ2n) is 17.9. The molecule has 0 aliphatic heterocycles. The van der Waals surface area contributed by atoms with Crippen LogP contribution in [0.25, 0.3) is 0 Å². The smallest absolute Gasteiger partial charge is 0.324 e. The van der Waals surface area contributed by atoms with Crippen LogP contribution in [0, 0.1) is 5.92 Å². The van der Waals surface area contributed by atoms with Gasteiger partial charge in [0.2, 0.25) is 0 Å². The van der Waals surface area contributed by atoms with Gasteiger partial charge in [-0.1, -0.05) is 238 Å². The highest BCUT2D eigenvalue weighted by molar-refractivity contribution is 6.02. The van der Waals surface area contributed by atoms with Gasteiger partial charge in [-0.3, -0.25) is 14.4 Å². The Morgan fingerprint density at radius 2 is 0.621 bits per heavy atom. The Kier molecular flexibility index (Phi) is 46.5. The molecule has 0 radical (unpaired) electrons. The van der Waals surface area contributed by atoms with Gasteiger partial charge in [-0.2, -0.15) is 0 Å². The number of rotatable bonds is 47. The lowest BCUT2D eigenvalue weighted by Crippen LogP contribution is -2.28. The maximum atomic E-state index is 13.3. The third-order valence-corrected chi connectivity index (χ3v) is 12.1. The molecule has 0 saturated heterocycles. The van der Waals surface area contributed by atoms with Gasteiger partial charge >= 0.3 is 11.9 Å². The number of Topliss-reactive ketones (excluding diaryl/α,β-unsaturated/α-hetero) is 1. The molecule has 4 nitrogen and oxygen atoms in total. The van der Waals surface area contributed by atoms with Gasteiger partial charge in [0.1, 0.15) is 11.7 Å². The van der Waals surface area contributed by atoms with Gasteiger partial charge in [0.15, 0.2) is 0 Å². The Bertz CT molecular complexity index is 935. The molecule has 0 spiro atoms. The fourth-order valence-corrected chi connectivity index (χ4v) is 8.07. The van der Waals surface area contributed by atoms with Gasteiger partial charge in [-0.15, -0.1) is 0 Å². The van der Waals surface area contributed by atoms with Crippen molar-refractivity contribution in [3.8, 4) is 0 Å². The molecule has 0 heterocycles. The van der Waals surface area contributed by atoms with Crippen molar-refractivity contribution >= 4 is 17.7 Å². The van der Waals surface area contributed by atoms with E-state index in [0.29, 0.717) is 12.8 Å². The van der Waals surface area contributed by atoms with Crippen molar-refractivity contribution in [2.45, 2.75) is 297 Å². The first kappa shape index (κ1) is 56.3. The highest BCUT2D eigenvalue weighted by atomic mass is 16.6. The molecule has 1 unspecified atom stereocenters.